The van der Waals surface area contributed by atoms with Crippen LogP contribution in [0.3, 0.4) is 0 Å². The van der Waals surface area contributed by atoms with E-state index in [1.54, 1.807) is 19.9 Å². The number of aromatic nitrogens is 4. The van der Waals surface area contributed by atoms with Gasteiger partial charge in [0.1, 0.15) is 11.8 Å². The molecule has 2 unspecified atom stereocenters. The van der Waals surface area contributed by atoms with Gasteiger partial charge in [0.05, 0.1) is 19.0 Å². The topological polar surface area (TPSA) is 242 Å². The summed E-state index contributed by atoms with van der Waals surface area (Å²) in [5.41, 5.74) is 10.2. The lowest BCUT2D eigenvalue weighted by molar-refractivity contribution is -0.149. The summed E-state index contributed by atoms with van der Waals surface area (Å²) in [5, 5.41) is 16.3. The standard InChI is InChI=1S/C22H26F2N9O8P/c1-11(2)39-17(35)12(3)30-42(37,41-13-7-5-4-6-8-13)38-9-21(31-32-26)18(36)22(23,24)19(40-21)33-10-27-14-15(33)28-20(25)29-16(14)34/h4-8,10-12,18-19,36H,9H2,1-3H3,(H,30,37)(H3,25,28,29,34)/t12?,18-,19-,21-,42?/m1/s1. The van der Waals surface area contributed by atoms with Gasteiger partial charge >= 0.3 is 19.6 Å². The number of aliphatic hydroxyl groups excluding tert-OH is 1. The largest absolute Gasteiger partial charge is 0.462 e. The maximum absolute atomic E-state index is 15.5. The molecule has 0 bridgehead atoms. The third-order valence-electron chi connectivity index (χ3n) is 5.82. The molecule has 3 heterocycles. The molecule has 226 valence electrons. The third kappa shape index (κ3) is 6.06. The number of fused-ring (bicyclic) bond motifs is 1. The minimum Gasteiger partial charge on any atom is -0.462 e. The van der Waals surface area contributed by atoms with Crippen LogP contribution in [-0.4, -0.2) is 67.1 Å². The summed E-state index contributed by atoms with van der Waals surface area (Å²) in [6.45, 7) is 3.19. The Bertz CT molecular complexity index is 1610. The number of halogens is 2. The predicted octanol–water partition coefficient (Wildman–Crippen LogP) is 2.37. The Labute approximate surface area is 235 Å². The molecule has 0 amide bonds. The number of anilines is 1. The maximum Gasteiger partial charge on any atom is 0.459 e. The first-order valence-corrected chi connectivity index (χ1v) is 13.8. The Kier molecular flexibility index (Phi) is 8.54. The highest BCUT2D eigenvalue weighted by atomic mass is 31.2. The average molecular weight is 613 g/mol. The zero-order valence-corrected chi connectivity index (χ0v) is 23.1. The number of nitrogens with one attached hydrogen (secondary N) is 2. The van der Waals surface area contributed by atoms with Gasteiger partial charge in [-0.1, -0.05) is 23.3 Å². The average Bonchev–Trinajstić information content (AvgIpc) is 3.41. The van der Waals surface area contributed by atoms with Crippen molar-refractivity contribution in [3.63, 3.8) is 0 Å². The molecule has 1 aliphatic rings. The van der Waals surface area contributed by atoms with Crippen LogP contribution < -0.4 is 20.9 Å². The van der Waals surface area contributed by atoms with Crippen molar-refractivity contribution in [2.75, 3.05) is 12.3 Å². The Morgan fingerprint density at radius 2 is 2.07 bits per heavy atom. The van der Waals surface area contributed by atoms with Crippen molar-refractivity contribution in [1.29, 1.82) is 0 Å². The Morgan fingerprint density at radius 3 is 2.71 bits per heavy atom. The van der Waals surface area contributed by atoms with Gasteiger partial charge in [-0.15, -0.1) is 0 Å². The highest BCUT2D eigenvalue weighted by Crippen LogP contribution is 2.52. The van der Waals surface area contributed by atoms with E-state index in [9.17, 15) is 24.8 Å². The fourth-order valence-electron chi connectivity index (χ4n) is 3.94. The molecule has 0 aliphatic carbocycles. The van der Waals surface area contributed by atoms with Crippen LogP contribution in [-0.2, 0) is 23.4 Å². The zero-order valence-electron chi connectivity index (χ0n) is 22.2. The number of aliphatic hydroxyl groups is 1. The van der Waals surface area contributed by atoms with Gasteiger partial charge in [-0.2, -0.15) is 18.9 Å². The van der Waals surface area contributed by atoms with Crippen molar-refractivity contribution < 1.29 is 41.8 Å². The minimum absolute atomic E-state index is 0.00883. The number of H-pyrrole nitrogens is 1. The monoisotopic (exact) mass is 613 g/mol. The summed E-state index contributed by atoms with van der Waals surface area (Å²) >= 11 is 0. The number of carbonyl (C=O) groups is 1. The van der Waals surface area contributed by atoms with Gasteiger partial charge in [0, 0.05) is 4.91 Å². The first-order valence-electron chi connectivity index (χ1n) is 12.2. The van der Waals surface area contributed by atoms with Gasteiger partial charge in [-0.05, 0) is 38.4 Å². The van der Waals surface area contributed by atoms with Crippen LogP contribution >= 0.6 is 7.75 Å². The van der Waals surface area contributed by atoms with Crippen LogP contribution in [0.15, 0.2) is 46.6 Å². The van der Waals surface area contributed by atoms with Crippen molar-refractivity contribution in [3.05, 3.63) is 57.5 Å². The van der Waals surface area contributed by atoms with E-state index in [0.29, 0.717) is 4.57 Å². The highest BCUT2D eigenvalue weighted by molar-refractivity contribution is 7.52. The number of hydrogen-bond donors (Lipinski definition) is 4. The molecular formula is C22H26F2N9O8P. The van der Waals surface area contributed by atoms with Gasteiger partial charge in [-0.3, -0.25) is 23.7 Å². The summed E-state index contributed by atoms with van der Waals surface area (Å²) in [6.07, 6.45) is -5.08. The van der Waals surface area contributed by atoms with Gasteiger partial charge < -0.3 is 24.8 Å². The fraction of sp³-hybridized carbons (Fsp3) is 0.455. The number of ether oxygens (including phenoxy) is 2. The molecule has 3 aromatic rings. The molecule has 17 nitrogen and oxygen atoms in total. The van der Waals surface area contributed by atoms with Crippen LogP contribution in [0.1, 0.15) is 27.0 Å². The molecule has 1 saturated heterocycles. The number of para-hydroxylation sites is 1. The summed E-state index contributed by atoms with van der Waals surface area (Å²) in [6, 6.07) is 6.20. The second-order valence-electron chi connectivity index (χ2n) is 9.37. The number of benzene rings is 1. The second-order valence-corrected chi connectivity index (χ2v) is 11.1. The molecular weight excluding hydrogens is 587 g/mol. The van der Waals surface area contributed by atoms with E-state index in [2.05, 4.69) is 30.1 Å². The van der Waals surface area contributed by atoms with E-state index in [4.69, 9.17) is 24.3 Å². The van der Waals surface area contributed by atoms with E-state index < -0.39 is 73.6 Å². The molecule has 1 fully saturated rings. The number of nitrogens with zero attached hydrogens (tertiary/aromatic N) is 6. The summed E-state index contributed by atoms with van der Waals surface area (Å²) < 4.78 is 66.8. The molecule has 4 rings (SSSR count). The molecule has 0 saturated carbocycles. The number of aromatic amines is 1. The van der Waals surface area contributed by atoms with E-state index in [1.165, 1.54) is 31.2 Å². The van der Waals surface area contributed by atoms with Gasteiger partial charge in [0.25, 0.3) is 5.56 Å². The lowest BCUT2D eigenvalue weighted by atomic mass is 10.1. The predicted molar refractivity (Wildman–Crippen MR) is 140 cm³/mol. The quantitative estimate of drug-likeness (QED) is 0.0801. The second kappa shape index (κ2) is 11.6. The molecule has 5 atom stereocenters. The Morgan fingerprint density at radius 1 is 1.38 bits per heavy atom. The minimum atomic E-state index is -4.68. The molecule has 2 aromatic heterocycles. The van der Waals surface area contributed by atoms with Crippen LogP contribution in [0.2, 0.25) is 0 Å². The normalized spacial score (nSPS) is 23.7. The SMILES string of the molecule is CC(C)OC(=O)C(C)NP(=O)(OC[C@@]1(N=[N+]=[N-])O[C@@H](n2cnc3c(=O)[nH]c(N)nc32)C(F)(F)[C@@H]1O)Oc1ccccc1. The summed E-state index contributed by atoms with van der Waals surface area (Å²) in [7, 11) is -4.68. The number of imidazole rings is 1. The molecule has 1 aliphatic heterocycles. The van der Waals surface area contributed by atoms with Gasteiger partial charge in [-0.25, -0.2) is 9.55 Å². The van der Waals surface area contributed by atoms with Crippen molar-refractivity contribution in [2.24, 2.45) is 5.11 Å². The molecule has 0 spiro atoms. The van der Waals surface area contributed by atoms with Crippen LogP contribution in [0.25, 0.3) is 21.6 Å². The number of nitrogen functional groups attached to an aromatic ring is 1. The first-order chi connectivity index (χ1) is 19.7. The zero-order chi connectivity index (χ0) is 30.9. The van der Waals surface area contributed by atoms with Gasteiger partial charge in [0.2, 0.25) is 17.9 Å². The molecule has 1 aromatic carbocycles. The van der Waals surface area contributed by atoms with E-state index >= 15 is 8.78 Å². The number of hydrogen-bond acceptors (Lipinski definition) is 12. The summed E-state index contributed by atoms with van der Waals surface area (Å²) in [4.78, 5) is 36.7. The highest BCUT2D eigenvalue weighted by Gasteiger charge is 2.68. The number of rotatable bonds is 11. The fourth-order valence-corrected chi connectivity index (χ4v) is 5.45. The lowest BCUT2D eigenvalue weighted by Gasteiger charge is -2.29. The Balaban J connectivity index is 1.68. The van der Waals surface area contributed by atoms with Crippen LogP contribution in [0.4, 0.5) is 14.7 Å². The van der Waals surface area contributed by atoms with Crippen molar-refractivity contribution >= 4 is 30.8 Å². The first kappa shape index (κ1) is 30.8. The van der Waals surface area contributed by atoms with Crippen molar-refractivity contribution in [1.82, 2.24) is 24.6 Å². The van der Waals surface area contributed by atoms with E-state index in [1.807, 2.05) is 0 Å². The number of alkyl halides is 2. The number of nitrogens with two attached hydrogens (primary N) is 1. The lowest BCUT2D eigenvalue weighted by Crippen LogP contribution is -2.48. The third-order valence-corrected chi connectivity index (χ3v) is 7.45. The van der Waals surface area contributed by atoms with E-state index in [-0.39, 0.29) is 11.3 Å². The number of azide groups is 1. The smallest absolute Gasteiger partial charge is 0.459 e. The molecule has 42 heavy (non-hydrogen) atoms. The molecule has 20 heteroatoms. The van der Waals surface area contributed by atoms with Crippen LogP contribution in [0.5, 0.6) is 5.75 Å². The van der Waals surface area contributed by atoms with Crippen molar-refractivity contribution in [2.45, 2.75) is 56.9 Å². The summed E-state index contributed by atoms with van der Waals surface area (Å²) in [5.74, 6) is -5.50. The maximum atomic E-state index is 15.5. The Hall–Kier alpha value is -4.12. The number of esters is 1. The number of carbonyl (C=O) groups excluding carboxylic acids is 1. The molecule has 5 N–H and O–H groups in total. The van der Waals surface area contributed by atoms with Crippen LogP contribution in [0, 0.1) is 0 Å². The van der Waals surface area contributed by atoms with E-state index in [0.717, 1.165) is 6.33 Å². The molecule has 0 radical (unpaired) electrons. The van der Waals surface area contributed by atoms with Gasteiger partial charge in [0.15, 0.2) is 17.3 Å². The van der Waals surface area contributed by atoms with Crippen molar-refractivity contribution in [3.8, 4) is 5.75 Å².